The van der Waals surface area contributed by atoms with Crippen molar-refractivity contribution >= 4 is 17.7 Å². The Kier molecular flexibility index (Phi) is 6.16. The summed E-state index contributed by atoms with van der Waals surface area (Å²) in [6, 6.07) is 11.9. The zero-order valence-electron chi connectivity index (χ0n) is 13.1. The lowest BCUT2D eigenvalue weighted by molar-refractivity contribution is -0.121. The number of benzene rings is 2. The van der Waals surface area contributed by atoms with Gasteiger partial charge < -0.3 is 5.32 Å². The highest BCUT2D eigenvalue weighted by Crippen LogP contribution is 2.21. The molecule has 2 aromatic rings. The smallest absolute Gasteiger partial charge is 0.233 e. The minimum Gasteiger partial charge on any atom is -0.348 e. The maximum Gasteiger partial charge on any atom is 0.233 e. The lowest BCUT2D eigenvalue weighted by atomic mass is 9.98. The quantitative estimate of drug-likeness (QED) is 0.860. The van der Waals surface area contributed by atoms with Crippen LogP contribution < -0.4 is 5.32 Å². The zero-order valence-corrected chi connectivity index (χ0v) is 13.9. The molecule has 0 heterocycles. The summed E-state index contributed by atoms with van der Waals surface area (Å²) in [5.74, 6) is -0.814. The van der Waals surface area contributed by atoms with E-state index in [2.05, 4.69) is 5.32 Å². The third kappa shape index (κ3) is 5.06. The van der Waals surface area contributed by atoms with Gasteiger partial charge in [-0.3, -0.25) is 4.79 Å². The molecule has 0 spiro atoms. The molecule has 122 valence electrons. The number of thioether (sulfide) groups is 1. The van der Waals surface area contributed by atoms with Gasteiger partial charge in [-0.05, 0) is 55.0 Å². The molecular weight excluding hydrogens is 316 g/mol. The molecule has 1 amide bonds. The molecule has 0 fully saturated rings. The van der Waals surface area contributed by atoms with Crippen LogP contribution in [0.3, 0.4) is 0 Å². The molecule has 0 aliphatic rings. The van der Waals surface area contributed by atoms with Gasteiger partial charge in [0.1, 0.15) is 11.6 Å². The van der Waals surface area contributed by atoms with Crippen molar-refractivity contribution in [3.05, 3.63) is 71.3 Å². The Morgan fingerprint density at radius 2 is 1.78 bits per heavy atom. The van der Waals surface area contributed by atoms with E-state index in [0.29, 0.717) is 12.0 Å². The van der Waals surface area contributed by atoms with Crippen molar-refractivity contribution in [3.8, 4) is 0 Å². The summed E-state index contributed by atoms with van der Waals surface area (Å²) >= 11 is 1.44. The van der Waals surface area contributed by atoms with Gasteiger partial charge in [0.05, 0.1) is 11.3 Å². The molecule has 5 heteroatoms. The lowest BCUT2D eigenvalue weighted by Gasteiger charge is -2.21. The lowest BCUT2D eigenvalue weighted by Crippen LogP contribution is -2.35. The first-order valence-corrected chi connectivity index (χ1v) is 8.61. The van der Waals surface area contributed by atoms with E-state index in [1.165, 1.54) is 36.0 Å². The van der Waals surface area contributed by atoms with E-state index in [0.717, 1.165) is 5.56 Å². The minimum absolute atomic E-state index is 0.122. The van der Waals surface area contributed by atoms with Gasteiger partial charge in [-0.1, -0.05) is 24.3 Å². The summed E-state index contributed by atoms with van der Waals surface area (Å²) in [5, 5.41) is 2.72. The van der Waals surface area contributed by atoms with Crippen LogP contribution in [0.4, 0.5) is 8.78 Å². The van der Waals surface area contributed by atoms with Crippen molar-refractivity contribution in [2.45, 2.75) is 24.6 Å². The fourth-order valence-corrected chi connectivity index (χ4v) is 2.55. The van der Waals surface area contributed by atoms with E-state index in [4.69, 9.17) is 0 Å². The molecule has 0 aliphatic carbocycles. The molecule has 0 aliphatic heterocycles. The second-order valence-electron chi connectivity index (χ2n) is 5.33. The zero-order chi connectivity index (χ0) is 16.8. The minimum atomic E-state index is -0.408. The maximum absolute atomic E-state index is 13.5. The summed E-state index contributed by atoms with van der Waals surface area (Å²) in [5.41, 5.74) is 1.41. The number of hydrogen-bond donors (Lipinski definition) is 1. The standard InChI is InChI=1S/C18H19F2NOS/c1-12(23-2)18(22)21-17(14-6-4-8-16(20)11-14)10-13-5-3-7-15(19)9-13/h3-9,11-12,17H,10H2,1-2H3,(H,21,22). The second kappa shape index (κ2) is 8.11. The van der Waals surface area contributed by atoms with Crippen molar-refractivity contribution in [1.29, 1.82) is 0 Å². The van der Waals surface area contributed by atoms with Gasteiger partial charge in [-0.2, -0.15) is 11.8 Å². The van der Waals surface area contributed by atoms with Gasteiger partial charge in [-0.15, -0.1) is 0 Å². The molecular formula is C18H19F2NOS. The fraction of sp³-hybridized carbons (Fsp3) is 0.278. The van der Waals surface area contributed by atoms with E-state index in [1.807, 2.05) is 13.2 Å². The summed E-state index contributed by atoms with van der Waals surface area (Å²) in [7, 11) is 0. The van der Waals surface area contributed by atoms with Crippen LogP contribution in [-0.4, -0.2) is 17.4 Å². The number of halogens is 2. The molecule has 0 radical (unpaired) electrons. The monoisotopic (exact) mass is 335 g/mol. The number of hydrogen-bond acceptors (Lipinski definition) is 2. The van der Waals surface area contributed by atoms with Crippen molar-refractivity contribution < 1.29 is 13.6 Å². The van der Waals surface area contributed by atoms with Crippen molar-refractivity contribution in [2.75, 3.05) is 6.26 Å². The van der Waals surface area contributed by atoms with Crippen LogP contribution in [-0.2, 0) is 11.2 Å². The van der Waals surface area contributed by atoms with Crippen LogP contribution in [0.5, 0.6) is 0 Å². The molecule has 2 atom stereocenters. The summed E-state index contributed by atoms with van der Waals surface area (Å²) in [6.45, 7) is 1.81. The van der Waals surface area contributed by atoms with Crippen molar-refractivity contribution in [3.63, 3.8) is 0 Å². The first-order valence-electron chi connectivity index (χ1n) is 7.32. The Balaban J connectivity index is 2.25. The molecule has 0 saturated carbocycles. The highest BCUT2D eigenvalue weighted by molar-refractivity contribution is 7.99. The maximum atomic E-state index is 13.5. The average Bonchev–Trinajstić information content (AvgIpc) is 2.53. The fourth-order valence-electron chi connectivity index (χ4n) is 2.27. The number of carbonyl (C=O) groups excluding carboxylic acids is 1. The molecule has 2 unspecified atom stereocenters. The number of nitrogens with one attached hydrogen (secondary N) is 1. The van der Waals surface area contributed by atoms with Crippen LogP contribution in [0, 0.1) is 11.6 Å². The van der Waals surface area contributed by atoms with E-state index in [9.17, 15) is 13.6 Å². The molecule has 2 aromatic carbocycles. The number of carbonyl (C=O) groups is 1. The van der Waals surface area contributed by atoms with E-state index in [1.54, 1.807) is 24.3 Å². The van der Waals surface area contributed by atoms with Crippen molar-refractivity contribution in [1.82, 2.24) is 5.32 Å². The van der Waals surface area contributed by atoms with Gasteiger partial charge in [0.2, 0.25) is 5.91 Å². The van der Waals surface area contributed by atoms with Gasteiger partial charge in [0.25, 0.3) is 0 Å². The largest absolute Gasteiger partial charge is 0.348 e. The normalized spacial score (nSPS) is 13.4. The topological polar surface area (TPSA) is 29.1 Å². The molecule has 0 aromatic heterocycles. The first kappa shape index (κ1) is 17.5. The predicted molar refractivity (Wildman–Crippen MR) is 90.4 cm³/mol. The molecule has 0 bridgehead atoms. The number of amides is 1. The molecule has 0 saturated heterocycles. The van der Waals surface area contributed by atoms with E-state index in [-0.39, 0.29) is 22.8 Å². The third-order valence-electron chi connectivity index (χ3n) is 3.62. The Morgan fingerprint density at radius 3 is 2.39 bits per heavy atom. The van der Waals surface area contributed by atoms with Crippen LogP contribution in [0.25, 0.3) is 0 Å². The number of rotatable bonds is 6. The SMILES string of the molecule is CSC(C)C(=O)NC(Cc1cccc(F)c1)c1cccc(F)c1. The van der Waals surface area contributed by atoms with Crippen LogP contribution in [0.1, 0.15) is 24.1 Å². The van der Waals surface area contributed by atoms with E-state index >= 15 is 0 Å². The Hall–Kier alpha value is -1.88. The van der Waals surface area contributed by atoms with Gasteiger partial charge in [0, 0.05) is 0 Å². The third-order valence-corrected chi connectivity index (χ3v) is 4.54. The van der Waals surface area contributed by atoms with Gasteiger partial charge in [0.15, 0.2) is 0 Å². The first-order chi connectivity index (χ1) is 11.0. The van der Waals surface area contributed by atoms with Crippen LogP contribution >= 0.6 is 11.8 Å². The van der Waals surface area contributed by atoms with Crippen LogP contribution in [0.2, 0.25) is 0 Å². The van der Waals surface area contributed by atoms with Gasteiger partial charge >= 0.3 is 0 Å². The van der Waals surface area contributed by atoms with Crippen molar-refractivity contribution in [2.24, 2.45) is 0 Å². The Morgan fingerprint density at radius 1 is 1.13 bits per heavy atom. The second-order valence-corrected chi connectivity index (χ2v) is 6.51. The van der Waals surface area contributed by atoms with Crippen LogP contribution in [0.15, 0.2) is 48.5 Å². The predicted octanol–water partition coefficient (Wildman–Crippen LogP) is 4.12. The summed E-state index contributed by atoms with van der Waals surface area (Å²) in [4.78, 5) is 12.2. The van der Waals surface area contributed by atoms with Gasteiger partial charge in [-0.25, -0.2) is 8.78 Å². The highest BCUT2D eigenvalue weighted by atomic mass is 32.2. The Labute approximate surface area is 139 Å². The average molecular weight is 335 g/mol. The van der Waals surface area contributed by atoms with E-state index < -0.39 is 6.04 Å². The Bertz CT molecular complexity index is 678. The highest BCUT2D eigenvalue weighted by Gasteiger charge is 2.19. The molecule has 23 heavy (non-hydrogen) atoms. The molecule has 2 rings (SSSR count). The summed E-state index contributed by atoms with van der Waals surface area (Å²) in [6.07, 6.45) is 2.25. The summed E-state index contributed by atoms with van der Waals surface area (Å²) < 4.78 is 26.9. The molecule has 2 nitrogen and oxygen atoms in total. The molecule has 1 N–H and O–H groups in total.